The fraction of sp³-hybridized carbons (Fsp3) is 0.0800. The molecule has 0 atom stereocenters. The topological polar surface area (TPSA) is 9.86 Å². The van der Waals surface area contributed by atoms with E-state index in [1.807, 2.05) is 0 Å². The van der Waals surface area contributed by atoms with Crippen LogP contribution in [0.5, 0.6) is 0 Å². The predicted octanol–water partition coefficient (Wildman–Crippen LogP) is 13.9. The van der Waals surface area contributed by atoms with E-state index in [-0.39, 0.29) is 0 Å². The summed E-state index contributed by atoms with van der Waals surface area (Å²) in [5.74, 6) is 0. The van der Waals surface area contributed by atoms with Crippen molar-refractivity contribution in [2.45, 2.75) is 26.7 Å². The Kier molecular flexibility index (Phi) is 8.14. The van der Waals surface area contributed by atoms with Gasteiger partial charge in [0.05, 0.1) is 16.6 Å². The highest BCUT2D eigenvalue weighted by atomic mass is 15.0. The second-order valence-electron chi connectivity index (χ2n) is 13.7. The molecule has 0 aliphatic carbocycles. The first-order chi connectivity index (χ1) is 25.7. The lowest BCUT2D eigenvalue weighted by Crippen LogP contribution is -1.98. The average Bonchev–Trinajstić information content (AvgIpc) is 3.69. The maximum Gasteiger partial charge on any atom is 0.0543 e. The Morgan fingerprint density at radius 1 is 0.423 bits per heavy atom. The minimum Gasteiger partial charge on any atom is -0.313 e. The summed E-state index contributed by atoms with van der Waals surface area (Å²) in [6.07, 6.45) is 6.84. The molecule has 9 aromatic rings. The Balaban J connectivity index is 1.27. The van der Waals surface area contributed by atoms with Gasteiger partial charge < -0.3 is 9.13 Å². The molecule has 0 fully saturated rings. The van der Waals surface area contributed by atoms with E-state index in [2.05, 4.69) is 205 Å². The van der Waals surface area contributed by atoms with Crippen molar-refractivity contribution in [2.24, 2.45) is 0 Å². The van der Waals surface area contributed by atoms with E-state index in [1.54, 1.807) is 0 Å². The number of hydrogen-bond donors (Lipinski definition) is 0. The first-order valence-corrected chi connectivity index (χ1v) is 18.3. The van der Waals surface area contributed by atoms with Crippen LogP contribution in [0.1, 0.15) is 31.0 Å². The summed E-state index contributed by atoms with van der Waals surface area (Å²) in [6, 6.07) is 61.9. The highest BCUT2D eigenvalue weighted by molar-refractivity contribution is 6.10. The standard InChI is InChI=1S/C50H40N2/c1-3-4-8-23-44-35(2)51(43-31-40(36-17-9-5-10-18-36)30-41(32-43)37-19-11-6-12-20-37)50-34-39(26-28-46(44)50)38-27-29-49-47(33-38)45-24-15-16-25-48(45)52(49)42-21-13-7-14-22-42/h5-34H,3-4H2,1-2H3/b23-8-. The van der Waals surface area contributed by atoms with Crippen LogP contribution in [-0.2, 0) is 0 Å². The number of para-hydroxylation sites is 2. The number of fused-ring (bicyclic) bond motifs is 4. The van der Waals surface area contributed by atoms with Gasteiger partial charge in [0.1, 0.15) is 0 Å². The summed E-state index contributed by atoms with van der Waals surface area (Å²) < 4.78 is 4.86. The molecule has 0 unspecified atom stereocenters. The molecule has 0 spiro atoms. The van der Waals surface area contributed by atoms with Crippen LogP contribution in [0, 0.1) is 6.92 Å². The quantitative estimate of drug-likeness (QED) is 0.152. The molecule has 250 valence electrons. The number of benzene rings is 7. The summed E-state index contributed by atoms with van der Waals surface area (Å²) in [7, 11) is 0. The van der Waals surface area contributed by atoms with Crippen LogP contribution in [0.25, 0.3) is 83.5 Å². The number of aromatic nitrogens is 2. The van der Waals surface area contributed by atoms with E-state index in [9.17, 15) is 0 Å². The van der Waals surface area contributed by atoms with Gasteiger partial charge in [-0.3, -0.25) is 0 Å². The van der Waals surface area contributed by atoms with Gasteiger partial charge in [0, 0.05) is 38.8 Å². The first kappa shape index (κ1) is 31.6. The highest BCUT2D eigenvalue weighted by Crippen LogP contribution is 2.39. The summed E-state index contributed by atoms with van der Waals surface area (Å²) >= 11 is 0. The van der Waals surface area contributed by atoms with E-state index < -0.39 is 0 Å². The molecule has 9 rings (SSSR count). The van der Waals surface area contributed by atoms with Crippen LogP contribution < -0.4 is 0 Å². The summed E-state index contributed by atoms with van der Waals surface area (Å²) in [4.78, 5) is 0. The maximum atomic E-state index is 2.48. The molecule has 0 radical (unpaired) electrons. The molecule has 0 aliphatic rings. The zero-order chi connectivity index (χ0) is 35.0. The third kappa shape index (κ3) is 5.54. The Labute approximate surface area is 305 Å². The normalized spacial score (nSPS) is 11.7. The van der Waals surface area contributed by atoms with E-state index in [4.69, 9.17) is 0 Å². The lowest BCUT2D eigenvalue weighted by atomic mass is 9.98. The van der Waals surface area contributed by atoms with E-state index in [1.165, 1.54) is 83.0 Å². The molecule has 52 heavy (non-hydrogen) atoms. The van der Waals surface area contributed by atoms with Crippen LogP contribution in [0.2, 0.25) is 0 Å². The van der Waals surface area contributed by atoms with Gasteiger partial charge in [-0.15, -0.1) is 0 Å². The summed E-state index contributed by atoms with van der Waals surface area (Å²) in [5, 5.41) is 3.79. The predicted molar refractivity (Wildman–Crippen MR) is 223 cm³/mol. The van der Waals surface area contributed by atoms with E-state index >= 15 is 0 Å². The lowest BCUT2D eigenvalue weighted by molar-refractivity contribution is 0.962. The monoisotopic (exact) mass is 668 g/mol. The molecule has 0 amide bonds. The number of unbranched alkanes of at least 4 members (excludes halogenated alkanes) is 1. The zero-order valence-electron chi connectivity index (χ0n) is 29.6. The van der Waals surface area contributed by atoms with Crippen molar-refractivity contribution in [2.75, 3.05) is 0 Å². The molecule has 0 saturated heterocycles. The fourth-order valence-electron chi connectivity index (χ4n) is 7.87. The van der Waals surface area contributed by atoms with Crippen molar-refractivity contribution in [1.29, 1.82) is 0 Å². The third-order valence-electron chi connectivity index (χ3n) is 10.4. The lowest BCUT2D eigenvalue weighted by Gasteiger charge is -2.15. The molecule has 0 saturated carbocycles. The van der Waals surface area contributed by atoms with Gasteiger partial charge in [-0.25, -0.2) is 0 Å². The summed E-state index contributed by atoms with van der Waals surface area (Å²) in [6.45, 7) is 4.51. The molecule has 7 aromatic carbocycles. The molecule has 0 aliphatic heterocycles. The van der Waals surface area contributed by atoms with Crippen LogP contribution in [0.15, 0.2) is 176 Å². The number of allylic oxidation sites excluding steroid dienone is 1. The average molecular weight is 669 g/mol. The van der Waals surface area contributed by atoms with Gasteiger partial charge in [0.25, 0.3) is 0 Å². The zero-order valence-corrected chi connectivity index (χ0v) is 29.6. The van der Waals surface area contributed by atoms with Gasteiger partial charge in [0.15, 0.2) is 0 Å². The number of nitrogens with zero attached hydrogens (tertiary/aromatic N) is 2. The van der Waals surface area contributed by atoms with Gasteiger partial charge in [0.2, 0.25) is 0 Å². The minimum atomic E-state index is 1.06. The Morgan fingerprint density at radius 2 is 1.02 bits per heavy atom. The van der Waals surface area contributed by atoms with Crippen molar-refractivity contribution >= 4 is 38.8 Å². The SMILES string of the molecule is CCC/C=C\c1c(C)n(-c2cc(-c3ccccc3)cc(-c3ccccc3)c2)c2cc(-c3ccc4c(c3)c3ccccc3n4-c3ccccc3)ccc12. The van der Waals surface area contributed by atoms with Crippen molar-refractivity contribution in [1.82, 2.24) is 9.13 Å². The fourth-order valence-corrected chi connectivity index (χ4v) is 7.87. The third-order valence-corrected chi connectivity index (χ3v) is 10.4. The van der Waals surface area contributed by atoms with Crippen molar-refractivity contribution in [3.05, 3.63) is 187 Å². The number of hydrogen-bond acceptors (Lipinski definition) is 0. The van der Waals surface area contributed by atoms with E-state index in [0.717, 1.165) is 18.5 Å². The van der Waals surface area contributed by atoms with Gasteiger partial charge in [-0.2, -0.15) is 0 Å². The Morgan fingerprint density at radius 3 is 1.71 bits per heavy atom. The van der Waals surface area contributed by atoms with E-state index in [0.29, 0.717) is 0 Å². The summed E-state index contributed by atoms with van der Waals surface area (Å²) in [5.41, 5.74) is 15.7. The maximum absolute atomic E-state index is 2.48. The van der Waals surface area contributed by atoms with Gasteiger partial charge in [-0.1, -0.05) is 141 Å². The minimum absolute atomic E-state index is 1.06. The molecular formula is C50H40N2. The smallest absolute Gasteiger partial charge is 0.0543 e. The molecule has 2 aromatic heterocycles. The molecule has 0 N–H and O–H groups in total. The first-order valence-electron chi connectivity index (χ1n) is 18.3. The van der Waals surface area contributed by atoms with Crippen LogP contribution >= 0.6 is 0 Å². The highest BCUT2D eigenvalue weighted by Gasteiger charge is 2.18. The second-order valence-corrected chi connectivity index (χ2v) is 13.7. The van der Waals surface area contributed by atoms with Crippen molar-refractivity contribution in [3.63, 3.8) is 0 Å². The Hall–Kier alpha value is -6.38. The van der Waals surface area contributed by atoms with Gasteiger partial charge in [-0.05, 0) is 101 Å². The van der Waals surface area contributed by atoms with Crippen molar-refractivity contribution < 1.29 is 0 Å². The largest absolute Gasteiger partial charge is 0.313 e. The molecular weight excluding hydrogens is 629 g/mol. The second kappa shape index (κ2) is 13.4. The van der Waals surface area contributed by atoms with Crippen LogP contribution in [0.4, 0.5) is 0 Å². The van der Waals surface area contributed by atoms with Gasteiger partial charge >= 0.3 is 0 Å². The van der Waals surface area contributed by atoms with Crippen molar-refractivity contribution in [3.8, 4) is 44.8 Å². The molecule has 2 heteroatoms. The molecule has 2 nitrogen and oxygen atoms in total. The van der Waals surface area contributed by atoms with Crippen LogP contribution in [-0.4, -0.2) is 9.13 Å². The molecule has 2 heterocycles. The van der Waals surface area contributed by atoms with Crippen LogP contribution in [0.3, 0.4) is 0 Å². The number of rotatable bonds is 8. The Bertz CT molecular complexity index is 2670. The molecule has 0 bridgehead atoms.